The molecule has 1 N–H and O–H groups in total. The van der Waals surface area contributed by atoms with E-state index < -0.39 is 67.2 Å². The van der Waals surface area contributed by atoms with Crippen molar-refractivity contribution in [2.24, 2.45) is 10.8 Å². The minimum absolute atomic E-state index is 0.207. The van der Waals surface area contributed by atoms with Crippen molar-refractivity contribution in [1.29, 1.82) is 0 Å². The van der Waals surface area contributed by atoms with Crippen LogP contribution < -0.4 is 5.32 Å². The highest BCUT2D eigenvalue weighted by atomic mass is 35.5. The zero-order valence-corrected chi connectivity index (χ0v) is 27.4. The van der Waals surface area contributed by atoms with Gasteiger partial charge < -0.3 is 14.8 Å². The van der Waals surface area contributed by atoms with Gasteiger partial charge in [-0.2, -0.15) is 0 Å². The van der Waals surface area contributed by atoms with Crippen LogP contribution in [0.3, 0.4) is 0 Å². The van der Waals surface area contributed by atoms with Gasteiger partial charge in [0, 0.05) is 15.9 Å². The third kappa shape index (κ3) is 9.18. The third-order valence-corrected chi connectivity index (χ3v) is 9.23. The molecule has 3 rings (SSSR count). The molecule has 0 saturated heterocycles. The summed E-state index contributed by atoms with van der Waals surface area (Å²) in [6, 6.07) is 8.07. The Kier molecular flexibility index (Phi) is 11.5. The number of carbonyl (C=O) groups is 3. The van der Waals surface area contributed by atoms with Crippen molar-refractivity contribution in [3.63, 3.8) is 0 Å². The van der Waals surface area contributed by atoms with E-state index in [4.69, 9.17) is 30.1 Å². The van der Waals surface area contributed by atoms with E-state index in [-0.39, 0.29) is 11.1 Å². The number of amides is 1. The zero-order chi connectivity index (χ0) is 32.9. The van der Waals surface area contributed by atoms with Gasteiger partial charge in [0.25, 0.3) is 0 Å². The molecular weight excluding hydrogens is 639 g/mol. The lowest BCUT2D eigenvalue weighted by atomic mass is 9.98. The van der Waals surface area contributed by atoms with Gasteiger partial charge in [0.15, 0.2) is 17.3 Å². The normalized spacial score (nSPS) is 13.2. The number of rotatable bonds is 11. The van der Waals surface area contributed by atoms with Gasteiger partial charge in [0.05, 0.1) is 10.8 Å². The Labute approximate surface area is 263 Å². The highest BCUT2D eigenvalue weighted by Gasteiger charge is 2.45. The molecule has 0 fully saturated rings. The molecule has 14 heteroatoms. The quantitative estimate of drug-likeness (QED) is 0.124. The van der Waals surface area contributed by atoms with Gasteiger partial charge in [-0.1, -0.05) is 17.7 Å². The number of thiophene rings is 1. The van der Waals surface area contributed by atoms with E-state index in [2.05, 4.69) is 5.32 Å². The molecule has 238 valence electrons. The molecule has 1 aromatic heterocycles. The number of benzene rings is 2. The maximum atomic E-state index is 14.5. The van der Waals surface area contributed by atoms with Gasteiger partial charge in [-0.25, -0.2) is 8.78 Å². The average Bonchev–Trinajstić information content (AvgIpc) is 3.32. The summed E-state index contributed by atoms with van der Waals surface area (Å²) in [4.78, 5) is 38.5. The summed E-state index contributed by atoms with van der Waals surface area (Å²) < 4.78 is 63.6. The molecule has 44 heavy (non-hydrogen) atoms. The highest BCUT2D eigenvalue weighted by Crippen LogP contribution is 2.62. The molecule has 0 radical (unpaired) electrons. The molecule has 3 aromatic rings. The molecule has 0 saturated carbocycles. The molecule has 0 aliphatic rings. The van der Waals surface area contributed by atoms with Gasteiger partial charge in [-0.05, 0) is 99.8 Å². The SMILES string of the molecule is CC(C)(C)C(=O)OCOP(=O)(OCOC(=O)C(C)(C)C)C(C(=O)N/C=C/c1ccc(F)c(F)c1)c1csc2ccc(Cl)cc12. The summed E-state index contributed by atoms with van der Waals surface area (Å²) in [5.74, 6) is -4.36. The van der Waals surface area contributed by atoms with Gasteiger partial charge in [0.1, 0.15) is 0 Å². The Bertz CT molecular complexity index is 1580. The number of hydrogen-bond donors (Lipinski definition) is 1. The Morgan fingerprint density at radius 2 is 1.52 bits per heavy atom. The summed E-state index contributed by atoms with van der Waals surface area (Å²) >= 11 is 7.47. The third-order valence-electron chi connectivity index (χ3n) is 5.94. The fourth-order valence-corrected chi connectivity index (χ4v) is 6.46. The number of hydrogen-bond acceptors (Lipinski definition) is 9. The van der Waals surface area contributed by atoms with Crippen LogP contribution >= 0.6 is 30.5 Å². The summed E-state index contributed by atoms with van der Waals surface area (Å²) in [6.07, 6.45) is 2.44. The van der Waals surface area contributed by atoms with Crippen molar-refractivity contribution in [2.45, 2.75) is 47.2 Å². The summed E-state index contributed by atoms with van der Waals surface area (Å²) in [5, 5.41) is 4.86. The van der Waals surface area contributed by atoms with Crippen LogP contribution in [-0.2, 0) is 37.5 Å². The smallest absolute Gasteiger partial charge is 0.353 e. The first-order valence-corrected chi connectivity index (χ1v) is 16.1. The molecule has 1 atom stereocenters. The zero-order valence-electron chi connectivity index (χ0n) is 24.9. The monoisotopic (exact) mass is 671 g/mol. The van der Waals surface area contributed by atoms with Crippen molar-refractivity contribution in [2.75, 3.05) is 13.6 Å². The van der Waals surface area contributed by atoms with Gasteiger partial charge in [-0.15, -0.1) is 11.3 Å². The lowest BCUT2D eigenvalue weighted by Crippen LogP contribution is -2.29. The Balaban J connectivity index is 2.02. The molecule has 9 nitrogen and oxygen atoms in total. The standard InChI is InChI=1S/C30H33ClF2NO8PS/c1-29(2,3)27(36)39-16-41-43(38,42-17-40-28(37)30(4,5)6)25(21-15-44-24-10-8-19(31)14-20(21)24)26(35)34-12-11-18-7-9-22(32)23(33)13-18/h7-15,25H,16-17H2,1-6H3,(H,34,35)/b12-11+. The fourth-order valence-electron chi connectivity index (χ4n) is 3.53. The van der Waals surface area contributed by atoms with E-state index in [0.717, 1.165) is 18.3 Å². The lowest BCUT2D eigenvalue weighted by Gasteiger charge is -2.27. The van der Waals surface area contributed by atoms with Crippen LogP contribution in [0.15, 0.2) is 48.0 Å². The van der Waals surface area contributed by atoms with E-state index in [0.29, 0.717) is 15.1 Å². The van der Waals surface area contributed by atoms with Crippen molar-refractivity contribution < 1.29 is 46.3 Å². The van der Waals surface area contributed by atoms with Crippen molar-refractivity contribution >= 4 is 64.5 Å². The topological polar surface area (TPSA) is 117 Å². The second-order valence-electron chi connectivity index (χ2n) is 11.6. The Hall–Kier alpha value is -3.15. The van der Waals surface area contributed by atoms with Gasteiger partial charge >= 0.3 is 19.5 Å². The average molecular weight is 672 g/mol. The van der Waals surface area contributed by atoms with Crippen molar-refractivity contribution in [3.05, 3.63) is 75.8 Å². The minimum atomic E-state index is -4.68. The number of esters is 2. The summed E-state index contributed by atoms with van der Waals surface area (Å²) in [7, 11) is -4.68. The Morgan fingerprint density at radius 1 is 0.932 bits per heavy atom. The van der Waals surface area contributed by atoms with Crippen molar-refractivity contribution in [1.82, 2.24) is 5.32 Å². The highest BCUT2D eigenvalue weighted by molar-refractivity contribution is 7.55. The first-order valence-electron chi connectivity index (χ1n) is 13.2. The first-order chi connectivity index (χ1) is 20.4. The maximum absolute atomic E-state index is 14.5. The number of halogens is 3. The molecule has 0 aliphatic carbocycles. The molecular formula is C30H33ClF2NO8PS. The fraction of sp³-hybridized carbons (Fsp3) is 0.367. The van der Waals surface area contributed by atoms with Crippen LogP contribution in [0.2, 0.25) is 5.02 Å². The molecule has 1 unspecified atom stereocenters. The number of ether oxygens (including phenoxy) is 2. The maximum Gasteiger partial charge on any atom is 0.353 e. The van der Waals surface area contributed by atoms with E-state index in [1.54, 1.807) is 65.1 Å². The number of nitrogens with one attached hydrogen (secondary N) is 1. The summed E-state index contributed by atoms with van der Waals surface area (Å²) in [6.45, 7) is 7.93. The lowest BCUT2D eigenvalue weighted by molar-refractivity contribution is -0.162. The predicted molar refractivity (Wildman–Crippen MR) is 164 cm³/mol. The molecule has 2 aromatic carbocycles. The van der Waals surface area contributed by atoms with Crippen LogP contribution in [0.25, 0.3) is 16.2 Å². The molecule has 0 spiro atoms. The van der Waals surface area contributed by atoms with Crippen LogP contribution in [0.5, 0.6) is 0 Å². The second kappa shape index (κ2) is 14.3. The van der Waals surface area contributed by atoms with E-state index in [1.165, 1.54) is 23.5 Å². The first kappa shape index (κ1) is 35.3. The molecule has 0 aliphatic heterocycles. The Morgan fingerprint density at radius 3 is 2.07 bits per heavy atom. The second-order valence-corrected chi connectivity index (χ2v) is 15.1. The van der Waals surface area contributed by atoms with E-state index in [1.807, 2.05) is 0 Å². The molecule has 1 heterocycles. The van der Waals surface area contributed by atoms with Crippen LogP contribution in [-0.4, -0.2) is 31.4 Å². The van der Waals surface area contributed by atoms with Gasteiger partial charge in [0.2, 0.25) is 19.5 Å². The van der Waals surface area contributed by atoms with Gasteiger partial charge in [-0.3, -0.25) is 28.0 Å². The predicted octanol–water partition coefficient (Wildman–Crippen LogP) is 7.98. The van der Waals surface area contributed by atoms with E-state index in [9.17, 15) is 27.7 Å². The molecule has 1 amide bonds. The summed E-state index contributed by atoms with van der Waals surface area (Å²) in [5.41, 5.74) is -3.09. The number of fused-ring (bicyclic) bond motifs is 1. The number of carbonyl (C=O) groups excluding carboxylic acids is 3. The van der Waals surface area contributed by atoms with Crippen LogP contribution in [0.1, 0.15) is 58.3 Å². The van der Waals surface area contributed by atoms with Crippen molar-refractivity contribution in [3.8, 4) is 0 Å². The van der Waals surface area contributed by atoms with Crippen LogP contribution in [0, 0.1) is 22.5 Å². The van der Waals surface area contributed by atoms with Crippen LogP contribution in [0.4, 0.5) is 8.78 Å². The molecule has 0 bridgehead atoms. The largest absolute Gasteiger partial charge is 0.438 e. The minimum Gasteiger partial charge on any atom is -0.438 e. The van der Waals surface area contributed by atoms with E-state index >= 15 is 0 Å².